The monoisotopic (exact) mass is 252 g/mol. The highest BCUT2D eigenvalue weighted by molar-refractivity contribution is 5.96. The third-order valence-electron chi connectivity index (χ3n) is 1.73. The standard InChI is InChI=1S/C9H8F4N2O2/c10-8(11)9(12,13)4-17-3-7(16)6-1-14-5-15-2-6/h1-2,5,8H,3-4H2. The van der Waals surface area contributed by atoms with Crippen molar-refractivity contribution in [2.75, 3.05) is 13.2 Å². The number of carbonyl (C=O) groups is 1. The van der Waals surface area contributed by atoms with Crippen LogP contribution >= 0.6 is 0 Å². The molecule has 1 aromatic rings. The number of aromatic nitrogens is 2. The van der Waals surface area contributed by atoms with Gasteiger partial charge in [0.25, 0.3) is 0 Å². The summed E-state index contributed by atoms with van der Waals surface area (Å²) in [4.78, 5) is 18.3. The molecule has 0 atom stereocenters. The third kappa shape index (κ3) is 4.06. The summed E-state index contributed by atoms with van der Waals surface area (Å²) in [6, 6.07) is 0. The van der Waals surface area contributed by atoms with Crippen LogP contribution < -0.4 is 0 Å². The van der Waals surface area contributed by atoms with Crippen molar-refractivity contribution in [2.24, 2.45) is 0 Å². The molecule has 4 nitrogen and oxygen atoms in total. The summed E-state index contributed by atoms with van der Waals surface area (Å²) in [5, 5.41) is 0. The smallest absolute Gasteiger partial charge is 0.330 e. The predicted molar refractivity (Wildman–Crippen MR) is 48.1 cm³/mol. The summed E-state index contributed by atoms with van der Waals surface area (Å²) in [5.41, 5.74) is 0.0628. The van der Waals surface area contributed by atoms with E-state index in [0.717, 1.165) is 0 Å². The first-order valence-corrected chi connectivity index (χ1v) is 4.45. The lowest BCUT2D eigenvalue weighted by molar-refractivity contribution is -0.163. The molecule has 0 amide bonds. The Morgan fingerprint density at radius 2 is 1.94 bits per heavy atom. The molecule has 1 heterocycles. The zero-order chi connectivity index (χ0) is 12.9. The van der Waals surface area contributed by atoms with Crippen LogP contribution in [0.3, 0.4) is 0 Å². The first-order valence-electron chi connectivity index (χ1n) is 4.45. The van der Waals surface area contributed by atoms with Gasteiger partial charge in [-0.1, -0.05) is 0 Å². The van der Waals surface area contributed by atoms with Crippen LogP contribution in [0, 0.1) is 0 Å². The van der Waals surface area contributed by atoms with Gasteiger partial charge in [0.15, 0.2) is 5.78 Å². The molecular weight excluding hydrogens is 244 g/mol. The van der Waals surface area contributed by atoms with Gasteiger partial charge in [-0.2, -0.15) is 8.78 Å². The van der Waals surface area contributed by atoms with Gasteiger partial charge in [-0.25, -0.2) is 18.7 Å². The van der Waals surface area contributed by atoms with Crippen LogP contribution in [0.4, 0.5) is 17.6 Å². The van der Waals surface area contributed by atoms with Crippen LogP contribution in [-0.4, -0.2) is 41.3 Å². The maximum absolute atomic E-state index is 12.4. The highest BCUT2D eigenvalue weighted by atomic mass is 19.3. The second-order valence-corrected chi connectivity index (χ2v) is 3.10. The number of carbonyl (C=O) groups excluding carboxylic acids is 1. The van der Waals surface area contributed by atoms with Crippen LogP contribution in [0.5, 0.6) is 0 Å². The largest absolute Gasteiger partial charge is 0.367 e. The number of halogens is 4. The van der Waals surface area contributed by atoms with Crippen LogP contribution in [0.15, 0.2) is 18.7 Å². The van der Waals surface area contributed by atoms with E-state index in [-0.39, 0.29) is 5.56 Å². The van der Waals surface area contributed by atoms with Gasteiger partial charge >= 0.3 is 12.3 Å². The summed E-state index contributed by atoms with van der Waals surface area (Å²) in [6.07, 6.45) is -0.297. The van der Waals surface area contributed by atoms with Gasteiger partial charge in [0.1, 0.15) is 19.5 Å². The highest BCUT2D eigenvalue weighted by Gasteiger charge is 2.41. The van der Waals surface area contributed by atoms with Crippen LogP contribution in [0.2, 0.25) is 0 Å². The van der Waals surface area contributed by atoms with E-state index in [1.807, 2.05) is 0 Å². The van der Waals surface area contributed by atoms with Gasteiger partial charge in [-0.3, -0.25) is 4.79 Å². The Hall–Kier alpha value is -1.57. The Morgan fingerprint density at radius 1 is 1.35 bits per heavy atom. The molecule has 0 aliphatic rings. The fourth-order valence-electron chi connectivity index (χ4n) is 0.869. The van der Waals surface area contributed by atoms with E-state index in [9.17, 15) is 22.4 Å². The van der Waals surface area contributed by atoms with Crippen LogP contribution in [-0.2, 0) is 4.74 Å². The maximum Gasteiger partial charge on any atom is 0.330 e. The average Bonchev–Trinajstić information content (AvgIpc) is 2.29. The molecule has 94 valence electrons. The molecule has 0 saturated heterocycles. The van der Waals surface area contributed by atoms with Gasteiger partial charge in [0.05, 0.1) is 5.56 Å². The first kappa shape index (κ1) is 13.5. The lowest BCUT2D eigenvalue weighted by Gasteiger charge is -2.14. The van der Waals surface area contributed by atoms with Crippen molar-refractivity contribution < 1.29 is 27.1 Å². The molecule has 0 aromatic carbocycles. The summed E-state index contributed by atoms with van der Waals surface area (Å²) in [7, 11) is 0. The third-order valence-corrected chi connectivity index (χ3v) is 1.73. The van der Waals surface area contributed by atoms with Gasteiger partial charge in [-0.15, -0.1) is 0 Å². The minimum absolute atomic E-state index is 0.0628. The molecule has 1 aromatic heterocycles. The molecule has 17 heavy (non-hydrogen) atoms. The lowest BCUT2D eigenvalue weighted by atomic mass is 10.2. The number of hydrogen-bond acceptors (Lipinski definition) is 4. The number of hydrogen-bond donors (Lipinski definition) is 0. The Balaban J connectivity index is 2.40. The molecule has 0 radical (unpaired) electrons. The van der Waals surface area contributed by atoms with E-state index < -0.39 is 31.3 Å². The Kier molecular flexibility index (Phi) is 4.50. The van der Waals surface area contributed by atoms with Crippen molar-refractivity contribution in [1.29, 1.82) is 0 Å². The van der Waals surface area contributed by atoms with E-state index in [0.29, 0.717) is 0 Å². The Bertz CT molecular complexity index is 373. The van der Waals surface area contributed by atoms with Gasteiger partial charge in [0, 0.05) is 12.4 Å². The molecule has 0 N–H and O–H groups in total. The van der Waals surface area contributed by atoms with Crippen molar-refractivity contribution in [2.45, 2.75) is 12.3 Å². The molecule has 0 aliphatic heterocycles. The van der Waals surface area contributed by atoms with Crippen molar-refractivity contribution >= 4 is 5.78 Å². The molecule has 0 aliphatic carbocycles. The first-order chi connectivity index (χ1) is 7.93. The lowest BCUT2D eigenvalue weighted by Crippen LogP contribution is -2.33. The second kappa shape index (κ2) is 5.67. The van der Waals surface area contributed by atoms with Crippen molar-refractivity contribution in [3.05, 3.63) is 24.3 Å². The predicted octanol–water partition coefficient (Wildman–Crippen LogP) is 1.58. The zero-order valence-electron chi connectivity index (χ0n) is 8.45. The van der Waals surface area contributed by atoms with Gasteiger partial charge in [-0.05, 0) is 0 Å². The van der Waals surface area contributed by atoms with Gasteiger partial charge < -0.3 is 4.74 Å². The van der Waals surface area contributed by atoms with Crippen LogP contribution in [0.1, 0.15) is 10.4 Å². The van der Waals surface area contributed by atoms with E-state index in [1.165, 1.54) is 18.7 Å². The van der Waals surface area contributed by atoms with Crippen molar-refractivity contribution in [3.63, 3.8) is 0 Å². The zero-order valence-corrected chi connectivity index (χ0v) is 8.45. The number of nitrogens with zero attached hydrogens (tertiary/aromatic N) is 2. The highest BCUT2D eigenvalue weighted by Crippen LogP contribution is 2.22. The molecule has 0 unspecified atom stereocenters. The summed E-state index contributed by atoms with van der Waals surface area (Å²) in [5.74, 6) is -4.91. The van der Waals surface area contributed by atoms with Crippen LogP contribution in [0.25, 0.3) is 0 Å². The Morgan fingerprint density at radius 3 is 2.47 bits per heavy atom. The molecule has 8 heteroatoms. The molecule has 1 rings (SSSR count). The molecule has 0 spiro atoms. The molecule has 0 fully saturated rings. The quantitative estimate of drug-likeness (QED) is 0.569. The van der Waals surface area contributed by atoms with E-state index >= 15 is 0 Å². The normalized spacial score (nSPS) is 11.8. The minimum atomic E-state index is -4.26. The van der Waals surface area contributed by atoms with Crippen molar-refractivity contribution in [1.82, 2.24) is 9.97 Å². The van der Waals surface area contributed by atoms with E-state index in [2.05, 4.69) is 14.7 Å². The SMILES string of the molecule is O=C(COCC(F)(F)C(F)F)c1cncnc1. The Labute approximate surface area is 93.6 Å². The molecule has 0 bridgehead atoms. The molecule has 0 saturated carbocycles. The number of Topliss-reactive ketones (excluding diaryl/α,β-unsaturated/α-hetero) is 1. The molecular formula is C9H8F4N2O2. The van der Waals surface area contributed by atoms with Crippen molar-refractivity contribution in [3.8, 4) is 0 Å². The van der Waals surface area contributed by atoms with E-state index in [4.69, 9.17) is 0 Å². The van der Waals surface area contributed by atoms with Gasteiger partial charge in [0.2, 0.25) is 0 Å². The average molecular weight is 252 g/mol. The number of rotatable bonds is 6. The minimum Gasteiger partial charge on any atom is -0.367 e. The summed E-state index contributed by atoms with van der Waals surface area (Å²) < 4.78 is 52.5. The van der Waals surface area contributed by atoms with E-state index in [1.54, 1.807) is 0 Å². The topological polar surface area (TPSA) is 52.1 Å². The summed E-state index contributed by atoms with van der Waals surface area (Å²) >= 11 is 0. The number of ketones is 1. The number of ether oxygens (including phenoxy) is 1. The second-order valence-electron chi connectivity index (χ2n) is 3.10. The summed E-state index contributed by atoms with van der Waals surface area (Å²) in [6.45, 7) is -2.24. The fraction of sp³-hybridized carbons (Fsp3) is 0.444. The fourth-order valence-corrected chi connectivity index (χ4v) is 0.869. The maximum atomic E-state index is 12.4. The number of alkyl halides is 4.